The smallest absolute Gasteiger partial charge is 0.257 e. The van der Waals surface area contributed by atoms with Crippen molar-refractivity contribution in [1.82, 2.24) is 24.6 Å². The van der Waals surface area contributed by atoms with E-state index in [1.807, 2.05) is 41.3 Å². The summed E-state index contributed by atoms with van der Waals surface area (Å²) in [7, 11) is 0. The number of para-hydroxylation sites is 2. The van der Waals surface area contributed by atoms with Gasteiger partial charge in [0, 0.05) is 30.6 Å². The molecule has 0 atom stereocenters. The van der Waals surface area contributed by atoms with E-state index in [1.165, 1.54) is 0 Å². The van der Waals surface area contributed by atoms with Gasteiger partial charge in [-0.2, -0.15) is 4.98 Å². The maximum absolute atomic E-state index is 12.6. The molecule has 8 heteroatoms. The number of carbonyl (C=O) groups excluding carboxylic acids is 1. The third kappa shape index (κ3) is 3.82. The minimum absolute atomic E-state index is 0.0140. The van der Waals surface area contributed by atoms with E-state index in [4.69, 9.17) is 14.2 Å². The third-order valence-electron chi connectivity index (χ3n) is 5.49. The molecule has 0 aliphatic carbocycles. The Labute approximate surface area is 179 Å². The van der Waals surface area contributed by atoms with E-state index in [0.717, 1.165) is 28.8 Å². The number of aryl methyl sites for hydroxylation is 1. The van der Waals surface area contributed by atoms with E-state index < -0.39 is 0 Å². The molecule has 1 aliphatic rings. The molecule has 4 aromatic rings. The molecule has 0 saturated carbocycles. The van der Waals surface area contributed by atoms with Gasteiger partial charge in [-0.15, -0.1) is 0 Å². The number of morpholine rings is 1. The van der Waals surface area contributed by atoms with Crippen molar-refractivity contribution in [3.05, 3.63) is 65.7 Å². The van der Waals surface area contributed by atoms with Gasteiger partial charge in [0.2, 0.25) is 0 Å². The minimum atomic E-state index is 0.0140. The van der Waals surface area contributed by atoms with Gasteiger partial charge >= 0.3 is 0 Å². The molecular formula is C23H23N5O3. The zero-order chi connectivity index (χ0) is 21.2. The van der Waals surface area contributed by atoms with E-state index >= 15 is 0 Å². The lowest BCUT2D eigenvalue weighted by molar-refractivity contribution is 0.0303. The van der Waals surface area contributed by atoms with E-state index in [-0.39, 0.29) is 5.91 Å². The van der Waals surface area contributed by atoms with Crippen LogP contribution in [0.1, 0.15) is 28.9 Å². The topological polar surface area (TPSA) is 86.3 Å². The van der Waals surface area contributed by atoms with Crippen molar-refractivity contribution in [3.8, 4) is 11.5 Å². The van der Waals surface area contributed by atoms with Gasteiger partial charge in [0.25, 0.3) is 11.8 Å². The lowest BCUT2D eigenvalue weighted by Gasteiger charge is -2.26. The highest BCUT2D eigenvalue weighted by Gasteiger charge is 2.19. The van der Waals surface area contributed by atoms with Crippen molar-refractivity contribution in [2.75, 3.05) is 26.3 Å². The minimum Gasteiger partial charge on any atom is -0.378 e. The first kappa shape index (κ1) is 19.4. The number of nitrogens with zero attached hydrogens (tertiary/aromatic N) is 5. The lowest BCUT2D eigenvalue weighted by atomic mass is 10.1. The fraction of sp³-hybridized carbons (Fsp3) is 0.304. The van der Waals surface area contributed by atoms with Crippen molar-refractivity contribution in [3.63, 3.8) is 0 Å². The highest BCUT2D eigenvalue weighted by molar-refractivity contribution is 5.94. The Morgan fingerprint density at radius 1 is 1.03 bits per heavy atom. The maximum atomic E-state index is 12.6. The molecule has 5 rings (SSSR count). The Balaban J connectivity index is 1.35. The standard InChI is InChI=1S/C23H23N5O3/c1-2-21-24-18-5-3-4-6-19(18)28(21)15-20-25-22(31-26-20)16-7-9-17(10-8-16)23(29)27-11-13-30-14-12-27/h3-10H,2,11-15H2,1H3. The number of benzene rings is 2. The molecule has 31 heavy (non-hydrogen) atoms. The zero-order valence-electron chi connectivity index (χ0n) is 17.3. The van der Waals surface area contributed by atoms with E-state index in [2.05, 4.69) is 21.6 Å². The Morgan fingerprint density at radius 3 is 2.58 bits per heavy atom. The first-order valence-electron chi connectivity index (χ1n) is 10.5. The molecule has 2 aromatic heterocycles. The highest BCUT2D eigenvalue weighted by Crippen LogP contribution is 2.21. The van der Waals surface area contributed by atoms with Crippen LogP contribution in [0.25, 0.3) is 22.5 Å². The van der Waals surface area contributed by atoms with Gasteiger partial charge < -0.3 is 18.7 Å². The van der Waals surface area contributed by atoms with Gasteiger partial charge in [0.15, 0.2) is 5.82 Å². The first-order valence-corrected chi connectivity index (χ1v) is 10.5. The second-order valence-corrected chi connectivity index (χ2v) is 7.45. The second kappa shape index (κ2) is 8.31. The number of carbonyl (C=O) groups is 1. The highest BCUT2D eigenvalue weighted by atomic mass is 16.5. The molecule has 2 aromatic carbocycles. The van der Waals surface area contributed by atoms with Crippen LogP contribution in [0.3, 0.4) is 0 Å². The SMILES string of the molecule is CCc1nc2ccccc2n1Cc1noc(-c2ccc(C(=O)N3CCOCC3)cc2)n1. The van der Waals surface area contributed by atoms with Gasteiger partial charge in [-0.25, -0.2) is 4.98 Å². The van der Waals surface area contributed by atoms with E-state index in [9.17, 15) is 4.79 Å². The molecule has 1 saturated heterocycles. The second-order valence-electron chi connectivity index (χ2n) is 7.45. The predicted molar refractivity (Wildman–Crippen MR) is 115 cm³/mol. The molecular weight excluding hydrogens is 394 g/mol. The molecule has 3 heterocycles. The Bertz CT molecular complexity index is 1210. The van der Waals surface area contributed by atoms with Gasteiger partial charge in [-0.05, 0) is 36.4 Å². The fourth-order valence-corrected chi connectivity index (χ4v) is 3.85. The fourth-order valence-electron chi connectivity index (χ4n) is 3.85. The maximum Gasteiger partial charge on any atom is 0.257 e. The van der Waals surface area contributed by atoms with Crippen LogP contribution in [0, 0.1) is 0 Å². The molecule has 1 aliphatic heterocycles. The average Bonchev–Trinajstić information content (AvgIpc) is 3.44. The number of hydrogen-bond donors (Lipinski definition) is 0. The number of fused-ring (bicyclic) bond motifs is 1. The van der Waals surface area contributed by atoms with Crippen molar-refractivity contribution in [2.45, 2.75) is 19.9 Å². The van der Waals surface area contributed by atoms with E-state index in [1.54, 1.807) is 12.1 Å². The molecule has 1 amide bonds. The first-order chi connectivity index (χ1) is 15.2. The summed E-state index contributed by atoms with van der Waals surface area (Å²) >= 11 is 0. The van der Waals surface area contributed by atoms with Crippen LogP contribution >= 0.6 is 0 Å². The summed E-state index contributed by atoms with van der Waals surface area (Å²) in [6.45, 7) is 4.98. The summed E-state index contributed by atoms with van der Waals surface area (Å²) in [6.07, 6.45) is 0.817. The van der Waals surface area contributed by atoms with Gasteiger partial charge in [0.1, 0.15) is 5.82 Å². The number of amides is 1. The van der Waals surface area contributed by atoms with Crippen LogP contribution in [0.5, 0.6) is 0 Å². The number of hydrogen-bond acceptors (Lipinski definition) is 6. The van der Waals surface area contributed by atoms with Crippen molar-refractivity contribution < 1.29 is 14.1 Å². The third-order valence-corrected chi connectivity index (χ3v) is 5.49. The van der Waals surface area contributed by atoms with Gasteiger partial charge in [0.05, 0.1) is 30.8 Å². The van der Waals surface area contributed by atoms with E-state index in [0.29, 0.717) is 50.1 Å². The van der Waals surface area contributed by atoms with Crippen LogP contribution in [-0.2, 0) is 17.7 Å². The molecule has 0 bridgehead atoms. The largest absolute Gasteiger partial charge is 0.378 e. The average molecular weight is 417 g/mol. The quantitative estimate of drug-likeness (QED) is 0.496. The molecule has 0 unspecified atom stereocenters. The summed E-state index contributed by atoms with van der Waals surface area (Å²) < 4.78 is 12.9. The van der Waals surface area contributed by atoms with Crippen LogP contribution in [0.15, 0.2) is 53.1 Å². The number of rotatable bonds is 5. The lowest BCUT2D eigenvalue weighted by Crippen LogP contribution is -2.40. The summed E-state index contributed by atoms with van der Waals surface area (Å²) in [5, 5.41) is 4.16. The Hall–Kier alpha value is -3.52. The van der Waals surface area contributed by atoms with Crippen LogP contribution in [-0.4, -0.2) is 56.8 Å². The molecule has 0 radical (unpaired) electrons. The monoisotopic (exact) mass is 417 g/mol. The molecule has 1 fully saturated rings. The van der Waals surface area contributed by atoms with Crippen molar-refractivity contribution in [1.29, 1.82) is 0 Å². The summed E-state index contributed by atoms with van der Waals surface area (Å²) in [4.78, 5) is 23.7. The van der Waals surface area contributed by atoms with Gasteiger partial charge in [-0.3, -0.25) is 4.79 Å². The Morgan fingerprint density at radius 2 is 1.81 bits per heavy atom. The summed E-state index contributed by atoms with van der Waals surface area (Å²) in [6, 6.07) is 15.3. The van der Waals surface area contributed by atoms with Gasteiger partial charge in [-0.1, -0.05) is 24.2 Å². The molecule has 158 valence electrons. The normalized spacial score (nSPS) is 14.3. The predicted octanol–water partition coefficient (Wildman–Crippen LogP) is 3.17. The summed E-state index contributed by atoms with van der Waals surface area (Å²) in [5.41, 5.74) is 3.44. The van der Waals surface area contributed by atoms with Crippen molar-refractivity contribution >= 4 is 16.9 Å². The summed E-state index contributed by atoms with van der Waals surface area (Å²) in [5.74, 6) is 2.02. The zero-order valence-corrected chi connectivity index (χ0v) is 17.3. The van der Waals surface area contributed by atoms with Crippen LogP contribution in [0.4, 0.5) is 0 Å². The molecule has 0 spiro atoms. The molecule has 8 nitrogen and oxygen atoms in total. The van der Waals surface area contributed by atoms with Crippen LogP contribution < -0.4 is 0 Å². The Kier molecular flexibility index (Phi) is 5.21. The number of ether oxygens (including phenoxy) is 1. The molecule has 0 N–H and O–H groups in total. The number of aromatic nitrogens is 4. The van der Waals surface area contributed by atoms with Crippen molar-refractivity contribution in [2.24, 2.45) is 0 Å². The van der Waals surface area contributed by atoms with Crippen LogP contribution in [0.2, 0.25) is 0 Å². The number of imidazole rings is 1.